The molecule has 0 saturated heterocycles. The fourth-order valence-corrected chi connectivity index (χ4v) is 3.44. The molecule has 2 heterocycles. The molecular formula is C24H19F4N3O3. The number of nitrogens with zero attached hydrogens (tertiary/aromatic N) is 2. The maximum Gasteiger partial charge on any atom is 0.387 e. The molecule has 0 unspecified atom stereocenters. The van der Waals surface area contributed by atoms with Gasteiger partial charge >= 0.3 is 13.2 Å². The zero-order chi connectivity index (χ0) is 24.1. The monoisotopic (exact) mass is 473 g/mol. The fraction of sp³-hybridized carbons (Fsp3) is 0.125. The number of hydrogen-bond acceptors (Lipinski definition) is 4. The van der Waals surface area contributed by atoms with E-state index in [1.807, 2.05) is 41.2 Å². The van der Waals surface area contributed by atoms with E-state index >= 15 is 0 Å². The van der Waals surface area contributed by atoms with Crippen LogP contribution in [0.4, 0.5) is 28.9 Å². The third-order valence-corrected chi connectivity index (χ3v) is 4.96. The van der Waals surface area contributed by atoms with Crippen LogP contribution in [0.25, 0.3) is 5.69 Å². The standard InChI is InChI=1S/C24H19F4N3O3/c25-23(26)33-20-10-9-19(14-21(20)34-24(27)28)31(15-16-4-3-11-29-22(16)32)18-7-5-17(6-8-18)30-12-1-2-13-30/h1-14,23-24H,15H2,(H,29,32). The first-order valence-corrected chi connectivity index (χ1v) is 10.1. The predicted molar refractivity (Wildman–Crippen MR) is 118 cm³/mol. The van der Waals surface area contributed by atoms with Gasteiger partial charge in [0.05, 0.1) is 6.54 Å². The summed E-state index contributed by atoms with van der Waals surface area (Å²) < 4.78 is 62.0. The molecule has 2 aromatic heterocycles. The molecule has 0 aliphatic heterocycles. The molecular weight excluding hydrogens is 454 g/mol. The van der Waals surface area contributed by atoms with E-state index in [0.29, 0.717) is 16.9 Å². The maximum absolute atomic E-state index is 12.9. The Morgan fingerprint density at radius 1 is 0.824 bits per heavy atom. The van der Waals surface area contributed by atoms with Gasteiger partial charge in [-0.2, -0.15) is 17.6 Å². The van der Waals surface area contributed by atoms with Crippen molar-refractivity contribution in [1.29, 1.82) is 0 Å². The summed E-state index contributed by atoms with van der Waals surface area (Å²) in [6.45, 7) is -6.39. The van der Waals surface area contributed by atoms with Crippen LogP contribution in [-0.4, -0.2) is 22.8 Å². The highest BCUT2D eigenvalue weighted by Gasteiger charge is 2.19. The van der Waals surface area contributed by atoms with E-state index in [-0.39, 0.29) is 12.1 Å². The molecule has 6 nitrogen and oxygen atoms in total. The van der Waals surface area contributed by atoms with E-state index in [9.17, 15) is 22.4 Å². The van der Waals surface area contributed by atoms with Crippen molar-refractivity contribution in [3.8, 4) is 17.2 Å². The lowest BCUT2D eigenvalue weighted by atomic mass is 10.1. The van der Waals surface area contributed by atoms with Crippen LogP contribution >= 0.6 is 0 Å². The molecule has 0 aliphatic carbocycles. The van der Waals surface area contributed by atoms with Crippen LogP contribution in [0.5, 0.6) is 11.5 Å². The summed E-state index contributed by atoms with van der Waals surface area (Å²) in [5, 5.41) is 0. The topological polar surface area (TPSA) is 59.5 Å². The first kappa shape index (κ1) is 23.0. The van der Waals surface area contributed by atoms with E-state index < -0.39 is 24.7 Å². The van der Waals surface area contributed by atoms with Crippen molar-refractivity contribution < 1.29 is 27.0 Å². The number of ether oxygens (including phenoxy) is 2. The van der Waals surface area contributed by atoms with Crippen molar-refractivity contribution in [2.75, 3.05) is 4.90 Å². The number of anilines is 2. The molecule has 0 radical (unpaired) electrons. The highest BCUT2D eigenvalue weighted by atomic mass is 19.3. The number of H-pyrrole nitrogens is 1. The summed E-state index contributed by atoms with van der Waals surface area (Å²) in [4.78, 5) is 16.6. The lowest BCUT2D eigenvalue weighted by Crippen LogP contribution is -2.22. The summed E-state index contributed by atoms with van der Waals surface area (Å²) in [5.74, 6) is -1.08. The van der Waals surface area contributed by atoms with Crippen molar-refractivity contribution in [3.63, 3.8) is 0 Å². The van der Waals surface area contributed by atoms with E-state index in [4.69, 9.17) is 0 Å². The van der Waals surface area contributed by atoms with Crippen molar-refractivity contribution >= 4 is 11.4 Å². The van der Waals surface area contributed by atoms with Crippen LogP contribution in [0.15, 0.2) is 90.1 Å². The maximum atomic E-state index is 12.9. The molecule has 0 fully saturated rings. The van der Waals surface area contributed by atoms with Crippen molar-refractivity contribution in [3.05, 3.63) is 101 Å². The number of rotatable bonds is 9. The molecule has 34 heavy (non-hydrogen) atoms. The molecule has 0 bridgehead atoms. The van der Waals surface area contributed by atoms with Crippen molar-refractivity contribution in [1.82, 2.24) is 9.55 Å². The normalized spacial score (nSPS) is 11.1. The number of benzene rings is 2. The molecule has 0 atom stereocenters. The number of aromatic amines is 1. The van der Waals surface area contributed by atoms with Gasteiger partial charge in [0.1, 0.15) is 0 Å². The summed E-state index contributed by atoms with van der Waals surface area (Å²) in [5.41, 5.74) is 1.92. The second-order valence-electron chi connectivity index (χ2n) is 7.11. The highest BCUT2D eigenvalue weighted by Crippen LogP contribution is 2.37. The minimum absolute atomic E-state index is 0.0716. The third kappa shape index (κ3) is 5.40. The third-order valence-electron chi connectivity index (χ3n) is 4.96. The largest absolute Gasteiger partial charge is 0.431 e. The SMILES string of the molecule is O=c1[nH]cccc1CN(c1ccc(-n2cccc2)cc1)c1ccc(OC(F)F)c(OC(F)F)c1. The molecule has 4 aromatic rings. The number of hydrogen-bond donors (Lipinski definition) is 1. The average Bonchev–Trinajstić information content (AvgIpc) is 3.34. The van der Waals surface area contributed by atoms with Crippen molar-refractivity contribution in [2.24, 2.45) is 0 Å². The van der Waals surface area contributed by atoms with E-state index in [1.54, 1.807) is 29.2 Å². The average molecular weight is 473 g/mol. The van der Waals surface area contributed by atoms with Crippen LogP contribution < -0.4 is 19.9 Å². The minimum Gasteiger partial charge on any atom is -0.431 e. The number of alkyl halides is 4. The quantitative estimate of drug-likeness (QED) is 0.317. The van der Waals surface area contributed by atoms with Crippen LogP contribution in [-0.2, 0) is 6.54 Å². The Balaban J connectivity index is 1.76. The summed E-state index contributed by atoms with van der Waals surface area (Å²) in [6, 6.07) is 18.1. The molecule has 4 rings (SSSR count). The van der Waals surface area contributed by atoms with Crippen molar-refractivity contribution in [2.45, 2.75) is 19.8 Å². The van der Waals surface area contributed by atoms with Crippen LogP contribution in [0.3, 0.4) is 0 Å². The van der Waals surface area contributed by atoms with Gasteiger partial charge in [0.25, 0.3) is 5.56 Å². The number of nitrogens with one attached hydrogen (secondary N) is 1. The molecule has 0 aliphatic rings. The van der Waals surface area contributed by atoms with Gasteiger partial charge in [-0.25, -0.2) is 0 Å². The molecule has 0 spiro atoms. The van der Waals surface area contributed by atoms with Gasteiger partial charge in [-0.15, -0.1) is 0 Å². The molecule has 0 amide bonds. The zero-order valence-electron chi connectivity index (χ0n) is 17.6. The molecule has 10 heteroatoms. The Labute approximate surface area is 191 Å². The lowest BCUT2D eigenvalue weighted by molar-refractivity contribution is -0.0692. The Morgan fingerprint density at radius 2 is 1.47 bits per heavy atom. The van der Waals surface area contributed by atoms with Crippen LogP contribution in [0.2, 0.25) is 0 Å². The van der Waals surface area contributed by atoms with Crippen LogP contribution in [0.1, 0.15) is 5.56 Å². The van der Waals surface area contributed by atoms with E-state index in [1.165, 1.54) is 18.3 Å². The number of pyridine rings is 1. The number of halogens is 4. The number of aromatic nitrogens is 2. The van der Waals surface area contributed by atoms with Gasteiger partial charge in [-0.05, 0) is 54.6 Å². The summed E-state index contributed by atoms with van der Waals surface area (Å²) in [7, 11) is 0. The summed E-state index contributed by atoms with van der Waals surface area (Å²) >= 11 is 0. The second kappa shape index (κ2) is 10.2. The zero-order valence-corrected chi connectivity index (χ0v) is 17.6. The Hall–Kier alpha value is -4.21. The lowest BCUT2D eigenvalue weighted by Gasteiger charge is -2.26. The first-order valence-electron chi connectivity index (χ1n) is 10.1. The van der Waals surface area contributed by atoms with Gasteiger partial charge in [-0.1, -0.05) is 6.07 Å². The van der Waals surface area contributed by atoms with Gasteiger partial charge in [0.15, 0.2) is 11.5 Å². The Kier molecular flexibility index (Phi) is 6.86. The smallest absolute Gasteiger partial charge is 0.387 e. The predicted octanol–water partition coefficient (Wildman–Crippen LogP) is 5.71. The molecule has 0 saturated carbocycles. The van der Waals surface area contributed by atoms with Crippen LogP contribution in [0, 0.1) is 0 Å². The van der Waals surface area contributed by atoms with E-state index in [0.717, 1.165) is 11.8 Å². The van der Waals surface area contributed by atoms with Gasteiger partial charge in [-0.3, -0.25) is 4.79 Å². The second-order valence-corrected chi connectivity index (χ2v) is 7.11. The summed E-state index contributed by atoms with van der Waals surface area (Å²) in [6.07, 6.45) is 5.26. The fourth-order valence-electron chi connectivity index (χ4n) is 3.44. The van der Waals surface area contributed by atoms with Gasteiger partial charge < -0.3 is 23.9 Å². The minimum atomic E-state index is -3.25. The van der Waals surface area contributed by atoms with E-state index in [2.05, 4.69) is 14.5 Å². The van der Waals surface area contributed by atoms with Gasteiger partial charge in [0, 0.05) is 47.3 Å². The van der Waals surface area contributed by atoms with Gasteiger partial charge in [0.2, 0.25) is 0 Å². The molecule has 2 aromatic carbocycles. The Bertz CT molecular complexity index is 1280. The highest BCUT2D eigenvalue weighted by molar-refractivity contribution is 5.67. The molecule has 176 valence electrons. The first-order chi connectivity index (χ1) is 16.4. The molecule has 1 N–H and O–H groups in total. The Morgan fingerprint density at radius 3 is 2.12 bits per heavy atom.